The maximum Gasteiger partial charge on any atom is 0.0321 e. The van der Waals surface area contributed by atoms with Gasteiger partial charge in [0.1, 0.15) is 0 Å². The fraction of sp³-hybridized carbons (Fsp3) is 0.667. The lowest BCUT2D eigenvalue weighted by Gasteiger charge is -2.39. The Kier molecular flexibility index (Phi) is 5.22. The van der Waals surface area contributed by atoms with E-state index in [0.29, 0.717) is 18.1 Å². The van der Waals surface area contributed by atoms with Crippen molar-refractivity contribution in [2.45, 2.75) is 59.2 Å². The maximum absolute atomic E-state index is 3.60. The summed E-state index contributed by atoms with van der Waals surface area (Å²) in [5.41, 5.74) is 2.90. The van der Waals surface area contributed by atoms with Gasteiger partial charge in [-0.05, 0) is 44.2 Å². The Morgan fingerprint density at radius 1 is 1.05 bits per heavy atom. The molecule has 1 aliphatic heterocycles. The zero-order valence-corrected chi connectivity index (χ0v) is 13.7. The number of piperazine rings is 1. The third-order valence-electron chi connectivity index (χ3n) is 4.24. The number of hydrogen-bond acceptors (Lipinski definition) is 2. The molecule has 2 rings (SSSR count). The van der Waals surface area contributed by atoms with E-state index in [1.165, 1.54) is 17.5 Å². The Labute approximate surface area is 124 Å². The molecule has 1 aromatic rings. The molecule has 1 N–H and O–H groups in total. The fourth-order valence-electron chi connectivity index (χ4n) is 3.30. The van der Waals surface area contributed by atoms with Gasteiger partial charge in [0.2, 0.25) is 0 Å². The van der Waals surface area contributed by atoms with Gasteiger partial charge in [-0.15, -0.1) is 0 Å². The monoisotopic (exact) mass is 274 g/mol. The average Bonchev–Trinajstić information content (AvgIpc) is 2.37. The molecule has 0 amide bonds. The quantitative estimate of drug-likeness (QED) is 0.902. The Morgan fingerprint density at radius 3 is 2.10 bits per heavy atom. The molecule has 0 spiro atoms. The van der Waals surface area contributed by atoms with Crippen molar-refractivity contribution < 1.29 is 0 Å². The van der Waals surface area contributed by atoms with E-state index < -0.39 is 0 Å². The van der Waals surface area contributed by atoms with E-state index >= 15 is 0 Å². The minimum absolute atomic E-state index is 0.509. The second-order valence-electron chi connectivity index (χ2n) is 6.94. The minimum atomic E-state index is 0.509. The molecule has 1 aliphatic rings. The van der Waals surface area contributed by atoms with Crippen LogP contribution >= 0.6 is 0 Å². The van der Waals surface area contributed by atoms with Crippen molar-refractivity contribution >= 4 is 0 Å². The Morgan fingerprint density at radius 2 is 1.60 bits per heavy atom. The van der Waals surface area contributed by atoms with Gasteiger partial charge in [0.05, 0.1) is 0 Å². The van der Waals surface area contributed by atoms with Crippen LogP contribution in [0, 0.1) is 5.92 Å². The highest BCUT2D eigenvalue weighted by molar-refractivity contribution is 5.25. The fourth-order valence-corrected chi connectivity index (χ4v) is 3.30. The van der Waals surface area contributed by atoms with Crippen LogP contribution in [0.2, 0.25) is 0 Å². The molecule has 1 fully saturated rings. The molecule has 0 saturated carbocycles. The van der Waals surface area contributed by atoms with Crippen LogP contribution in [0.3, 0.4) is 0 Å². The van der Waals surface area contributed by atoms with Crippen LogP contribution in [0.5, 0.6) is 0 Å². The predicted octanol–water partition coefficient (Wildman–Crippen LogP) is 3.63. The second-order valence-corrected chi connectivity index (χ2v) is 6.94. The molecule has 3 unspecified atom stereocenters. The van der Waals surface area contributed by atoms with Gasteiger partial charge in [-0.25, -0.2) is 0 Å². The van der Waals surface area contributed by atoms with Crippen LogP contribution < -0.4 is 5.32 Å². The molecule has 112 valence electrons. The number of nitrogens with zero attached hydrogens (tertiary/aromatic N) is 1. The number of hydrogen-bond donors (Lipinski definition) is 1. The van der Waals surface area contributed by atoms with Crippen molar-refractivity contribution in [3.63, 3.8) is 0 Å². The molecule has 2 heteroatoms. The lowest BCUT2D eigenvalue weighted by Crippen LogP contribution is -2.54. The summed E-state index contributed by atoms with van der Waals surface area (Å²) in [6, 6.07) is 10.9. The van der Waals surface area contributed by atoms with Crippen LogP contribution in [-0.2, 0) is 6.42 Å². The van der Waals surface area contributed by atoms with E-state index in [4.69, 9.17) is 0 Å². The highest BCUT2D eigenvalue weighted by Crippen LogP contribution is 2.23. The lowest BCUT2D eigenvalue weighted by atomic mass is 9.98. The molecule has 1 aromatic carbocycles. The van der Waals surface area contributed by atoms with E-state index in [1.807, 2.05) is 0 Å². The van der Waals surface area contributed by atoms with Gasteiger partial charge in [0.25, 0.3) is 0 Å². The van der Waals surface area contributed by atoms with Gasteiger partial charge in [-0.3, -0.25) is 4.90 Å². The van der Waals surface area contributed by atoms with Crippen LogP contribution in [0.1, 0.15) is 51.8 Å². The first-order chi connectivity index (χ1) is 9.45. The molecule has 3 atom stereocenters. The summed E-state index contributed by atoms with van der Waals surface area (Å²) in [6.07, 6.45) is 1.18. The van der Waals surface area contributed by atoms with Crippen molar-refractivity contribution in [1.29, 1.82) is 0 Å². The summed E-state index contributed by atoms with van der Waals surface area (Å²) in [6.45, 7) is 13.7. The summed E-state index contributed by atoms with van der Waals surface area (Å²) in [4.78, 5) is 2.60. The highest BCUT2D eigenvalue weighted by Gasteiger charge is 2.25. The van der Waals surface area contributed by atoms with Gasteiger partial charge < -0.3 is 5.32 Å². The van der Waals surface area contributed by atoms with Gasteiger partial charge >= 0.3 is 0 Å². The second kappa shape index (κ2) is 6.73. The van der Waals surface area contributed by atoms with Crippen molar-refractivity contribution in [2.24, 2.45) is 5.92 Å². The highest BCUT2D eigenvalue weighted by atomic mass is 15.2. The Balaban J connectivity index is 2.03. The molecule has 1 saturated heterocycles. The van der Waals surface area contributed by atoms with Crippen LogP contribution in [-0.4, -0.2) is 30.1 Å². The van der Waals surface area contributed by atoms with Gasteiger partial charge in [0, 0.05) is 31.2 Å². The van der Waals surface area contributed by atoms with Crippen LogP contribution in [0.15, 0.2) is 24.3 Å². The summed E-state index contributed by atoms with van der Waals surface area (Å²) in [7, 11) is 0. The van der Waals surface area contributed by atoms with Gasteiger partial charge in [-0.1, -0.05) is 38.1 Å². The smallest absolute Gasteiger partial charge is 0.0321 e. The molecule has 0 aliphatic carbocycles. The molecule has 0 bridgehead atoms. The number of nitrogens with one attached hydrogen (secondary N) is 1. The van der Waals surface area contributed by atoms with E-state index in [-0.39, 0.29) is 0 Å². The zero-order chi connectivity index (χ0) is 14.7. The standard InChI is InChI=1S/C18H30N2/c1-13(2)10-17-6-8-18(9-7-17)16(5)20-11-14(3)19-15(4)12-20/h6-9,13-16,19H,10-12H2,1-5H3. The van der Waals surface area contributed by atoms with E-state index in [9.17, 15) is 0 Å². The summed E-state index contributed by atoms with van der Waals surface area (Å²) < 4.78 is 0. The van der Waals surface area contributed by atoms with E-state index in [1.54, 1.807) is 0 Å². The number of rotatable bonds is 4. The topological polar surface area (TPSA) is 15.3 Å². The first kappa shape index (κ1) is 15.5. The van der Waals surface area contributed by atoms with E-state index in [2.05, 4.69) is 69.1 Å². The molecular formula is C18H30N2. The molecule has 1 heterocycles. The van der Waals surface area contributed by atoms with Crippen molar-refractivity contribution in [2.75, 3.05) is 13.1 Å². The number of benzene rings is 1. The molecule has 20 heavy (non-hydrogen) atoms. The van der Waals surface area contributed by atoms with Crippen molar-refractivity contribution in [3.05, 3.63) is 35.4 Å². The first-order valence-electron chi connectivity index (χ1n) is 8.04. The van der Waals surface area contributed by atoms with Gasteiger partial charge in [0.15, 0.2) is 0 Å². The largest absolute Gasteiger partial charge is 0.309 e. The molecule has 2 nitrogen and oxygen atoms in total. The van der Waals surface area contributed by atoms with Crippen LogP contribution in [0.4, 0.5) is 0 Å². The van der Waals surface area contributed by atoms with Crippen LogP contribution in [0.25, 0.3) is 0 Å². The maximum atomic E-state index is 3.60. The Hall–Kier alpha value is -0.860. The summed E-state index contributed by atoms with van der Waals surface area (Å²) >= 11 is 0. The molecule has 0 radical (unpaired) electrons. The molecule has 0 aromatic heterocycles. The van der Waals surface area contributed by atoms with Crippen molar-refractivity contribution in [3.8, 4) is 0 Å². The normalized spacial score (nSPS) is 25.9. The predicted molar refractivity (Wildman–Crippen MR) is 87.0 cm³/mol. The van der Waals surface area contributed by atoms with Crippen molar-refractivity contribution in [1.82, 2.24) is 10.2 Å². The summed E-state index contributed by atoms with van der Waals surface area (Å²) in [5.74, 6) is 0.730. The lowest BCUT2D eigenvalue weighted by molar-refractivity contribution is 0.131. The third kappa shape index (κ3) is 4.07. The summed E-state index contributed by atoms with van der Waals surface area (Å²) in [5, 5.41) is 3.60. The Bertz CT molecular complexity index is 400. The van der Waals surface area contributed by atoms with E-state index in [0.717, 1.165) is 19.0 Å². The average molecular weight is 274 g/mol. The SMILES string of the molecule is CC(C)Cc1ccc(C(C)N2CC(C)NC(C)C2)cc1. The zero-order valence-electron chi connectivity index (χ0n) is 13.7. The third-order valence-corrected chi connectivity index (χ3v) is 4.24. The minimum Gasteiger partial charge on any atom is -0.309 e. The first-order valence-corrected chi connectivity index (χ1v) is 8.04. The molecular weight excluding hydrogens is 244 g/mol. The van der Waals surface area contributed by atoms with Gasteiger partial charge in [-0.2, -0.15) is 0 Å².